The fraction of sp³-hybridized carbons (Fsp3) is 0.615. The summed E-state index contributed by atoms with van der Waals surface area (Å²) >= 11 is 0. The summed E-state index contributed by atoms with van der Waals surface area (Å²) in [5.74, 6) is -0.0491. The molecule has 2 aromatic rings. The van der Waals surface area contributed by atoms with Crippen molar-refractivity contribution < 1.29 is 32.9 Å². The first-order chi connectivity index (χ1) is 16.4. The van der Waals surface area contributed by atoms with Crippen LogP contribution in [0.5, 0.6) is 0 Å². The van der Waals surface area contributed by atoms with Gasteiger partial charge >= 0.3 is 6.18 Å². The van der Waals surface area contributed by atoms with E-state index in [4.69, 9.17) is 14.5 Å². The molecule has 9 heteroatoms. The number of fused-ring (bicyclic) bond motifs is 4. The lowest BCUT2D eigenvalue weighted by molar-refractivity contribution is -0.141. The Bertz CT molecular complexity index is 1120. The highest BCUT2D eigenvalue weighted by molar-refractivity contribution is 5.54. The largest absolute Gasteiger partial charge is 0.433 e. The van der Waals surface area contributed by atoms with Crippen molar-refractivity contribution in [1.82, 2.24) is 9.97 Å². The normalized spacial score (nSPS) is 27.2. The van der Waals surface area contributed by atoms with Crippen LogP contribution >= 0.6 is 0 Å². The molecule has 5 rings (SSSR count). The van der Waals surface area contributed by atoms with E-state index in [0.29, 0.717) is 49.3 Å². The number of aromatic nitrogens is 2. The fourth-order valence-corrected chi connectivity index (χ4v) is 5.85. The average molecular weight is 493 g/mol. The Kier molecular flexibility index (Phi) is 5.79. The quantitative estimate of drug-likeness (QED) is 0.597. The second kappa shape index (κ2) is 8.23. The van der Waals surface area contributed by atoms with Crippen LogP contribution in [-0.2, 0) is 21.3 Å². The van der Waals surface area contributed by atoms with Gasteiger partial charge < -0.3 is 19.7 Å². The summed E-state index contributed by atoms with van der Waals surface area (Å²) in [6.07, 6.45) is -4.30. The highest BCUT2D eigenvalue weighted by atomic mass is 19.4. The molecule has 6 nitrogen and oxygen atoms in total. The standard InChI is InChI=1S/C26H31F3N2O4/c1-13(2)20-18-19(17-15(32)11-24(3,4)23(33)21(17)31-20)25(7-9-34-10-8-25)35-22(18)14-5-6-16(30-12-14)26(27,28)29/h5-6,12-13,15,22-23,32-33H,7-11H2,1-4H3/t15-,22+,23-/m0/s1. The Morgan fingerprint density at radius 1 is 1.09 bits per heavy atom. The maximum Gasteiger partial charge on any atom is 0.433 e. The van der Waals surface area contributed by atoms with E-state index >= 15 is 0 Å². The average Bonchev–Trinajstić information content (AvgIpc) is 3.10. The van der Waals surface area contributed by atoms with Crippen molar-refractivity contribution in [1.29, 1.82) is 0 Å². The summed E-state index contributed by atoms with van der Waals surface area (Å²) in [6.45, 7) is 8.70. The number of ether oxygens (including phenoxy) is 2. The number of nitrogens with zero attached hydrogens (tertiary/aromatic N) is 2. The van der Waals surface area contributed by atoms with Crippen LogP contribution in [0, 0.1) is 5.41 Å². The first-order valence-electron chi connectivity index (χ1n) is 12.1. The van der Waals surface area contributed by atoms with Crippen molar-refractivity contribution in [2.45, 2.75) is 83.0 Å². The third kappa shape index (κ3) is 3.87. The van der Waals surface area contributed by atoms with E-state index in [-0.39, 0.29) is 5.92 Å². The Labute approximate surface area is 202 Å². The predicted octanol–water partition coefficient (Wildman–Crippen LogP) is 5.24. The molecule has 0 radical (unpaired) electrons. The third-order valence-corrected chi connectivity index (χ3v) is 7.67. The highest BCUT2D eigenvalue weighted by Crippen LogP contribution is 2.59. The third-order valence-electron chi connectivity index (χ3n) is 7.67. The van der Waals surface area contributed by atoms with E-state index in [9.17, 15) is 23.4 Å². The van der Waals surface area contributed by atoms with E-state index in [1.807, 2.05) is 27.7 Å². The Hall–Kier alpha value is -2.07. The number of aliphatic hydroxyl groups is 2. The van der Waals surface area contributed by atoms with Gasteiger partial charge in [-0.1, -0.05) is 33.8 Å². The first kappa shape index (κ1) is 24.6. The fourth-order valence-electron chi connectivity index (χ4n) is 5.85. The number of pyridine rings is 2. The van der Waals surface area contributed by atoms with Gasteiger partial charge in [0.2, 0.25) is 0 Å². The van der Waals surface area contributed by atoms with Crippen LogP contribution in [0.1, 0.15) is 111 Å². The van der Waals surface area contributed by atoms with Gasteiger partial charge in [0, 0.05) is 54.6 Å². The topological polar surface area (TPSA) is 84.7 Å². The van der Waals surface area contributed by atoms with Crippen LogP contribution in [0.25, 0.3) is 0 Å². The minimum absolute atomic E-state index is 0.0491. The van der Waals surface area contributed by atoms with Crippen molar-refractivity contribution in [2.75, 3.05) is 13.2 Å². The molecular weight excluding hydrogens is 461 g/mol. The Balaban J connectivity index is 1.76. The molecule has 0 aromatic carbocycles. The first-order valence-corrected chi connectivity index (χ1v) is 12.1. The van der Waals surface area contributed by atoms with Crippen LogP contribution in [0.2, 0.25) is 0 Å². The number of rotatable bonds is 2. The SMILES string of the molecule is CC(C)c1nc2c(c3c1[C@@H](c1ccc(C(F)(F)F)nc1)OC31CCOCC1)[C@@H](O)CC(C)(C)[C@H]2O. The lowest BCUT2D eigenvalue weighted by Crippen LogP contribution is -2.38. The summed E-state index contributed by atoms with van der Waals surface area (Å²) < 4.78 is 51.8. The van der Waals surface area contributed by atoms with Gasteiger partial charge in [-0.2, -0.15) is 13.2 Å². The molecule has 1 spiro atoms. The van der Waals surface area contributed by atoms with Gasteiger partial charge in [0.1, 0.15) is 17.9 Å². The van der Waals surface area contributed by atoms with Crippen LogP contribution in [0.15, 0.2) is 18.3 Å². The molecule has 0 amide bonds. The van der Waals surface area contributed by atoms with Crippen LogP contribution in [-0.4, -0.2) is 33.4 Å². The molecule has 35 heavy (non-hydrogen) atoms. The van der Waals surface area contributed by atoms with E-state index in [1.165, 1.54) is 12.3 Å². The molecule has 1 aliphatic carbocycles. The maximum absolute atomic E-state index is 13.2. The molecule has 0 unspecified atom stereocenters. The molecular formula is C26H31F3N2O4. The summed E-state index contributed by atoms with van der Waals surface area (Å²) in [5, 5.41) is 22.6. The molecule has 2 N–H and O–H groups in total. The molecule has 4 heterocycles. The minimum Gasteiger partial charge on any atom is -0.388 e. The van der Waals surface area contributed by atoms with Crippen LogP contribution in [0.3, 0.4) is 0 Å². The van der Waals surface area contributed by atoms with Gasteiger partial charge in [0.05, 0.1) is 17.4 Å². The highest BCUT2D eigenvalue weighted by Gasteiger charge is 2.53. The van der Waals surface area contributed by atoms with Crippen molar-refractivity contribution in [3.05, 3.63) is 57.7 Å². The smallest absolute Gasteiger partial charge is 0.388 e. The lowest BCUT2D eigenvalue weighted by atomic mass is 9.68. The summed E-state index contributed by atoms with van der Waals surface area (Å²) in [4.78, 5) is 8.57. The van der Waals surface area contributed by atoms with Gasteiger partial charge in [-0.25, -0.2) is 0 Å². The maximum atomic E-state index is 13.2. The molecule has 0 saturated carbocycles. The molecule has 3 atom stereocenters. The zero-order chi connectivity index (χ0) is 25.3. The second-order valence-electron chi connectivity index (χ2n) is 10.9. The van der Waals surface area contributed by atoms with Crippen LogP contribution in [0.4, 0.5) is 13.2 Å². The summed E-state index contributed by atoms with van der Waals surface area (Å²) in [7, 11) is 0. The van der Waals surface area contributed by atoms with Crippen molar-refractivity contribution in [3.63, 3.8) is 0 Å². The molecule has 1 saturated heterocycles. The van der Waals surface area contributed by atoms with Crippen LogP contribution < -0.4 is 0 Å². The molecule has 3 aliphatic rings. The Morgan fingerprint density at radius 2 is 1.77 bits per heavy atom. The van der Waals surface area contributed by atoms with Crippen molar-refractivity contribution in [2.24, 2.45) is 5.41 Å². The molecule has 2 aromatic heterocycles. The molecule has 0 bridgehead atoms. The summed E-state index contributed by atoms with van der Waals surface area (Å²) in [5.41, 5.74) is 1.55. The number of aliphatic hydroxyl groups excluding tert-OH is 2. The second-order valence-corrected chi connectivity index (χ2v) is 10.9. The van der Waals surface area contributed by atoms with E-state index in [1.54, 1.807) is 0 Å². The van der Waals surface area contributed by atoms with E-state index in [2.05, 4.69) is 4.98 Å². The number of halogens is 3. The van der Waals surface area contributed by atoms with Gasteiger partial charge in [0.25, 0.3) is 0 Å². The van der Waals surface area contributed by atoms with Gasteiger partial charge in [-0.05, 0) is 29.4 Å². The van der Waals surface area contributed by atoms with E-state index in [0.717, 1.165) is 22.9 Å². The van der Waals surface area contributed by atoms with Crippen molar-refractivity contribution >= 4 is 0 Å². The van der Waals surface area contributed by atoms with Gasteiger partial charge in [-0.15, -0.1) is 0 Å². The number of hydrogen-bond donors (Lipinski definition) is 2. The monoisotopic (exact) mass is 492 g/mol. The van der Waals surface area contributed by atoms with Gasteiger partial charge in [-0.3, -0.25) is 9.97 Å². The van der Waals surface area contributed by atoms with Crippen molar-refractivity contribution in [3.8, 4) is 0 Å². The Morgan fingerprint density at radius 3 is 2.34 bits per heavy atom. The van der Waals surface area contributed by atoms with Gasteiger partial charge in [0.15, 0.2) is 0 Å². The molecule has 190 valence electrons. The number of hydrogen-bond acceptors (Lipinski definition) is 6. The summed E-state index contributed by atoms with van der Waals surface area (Å²) in [6, 6.07) is 2.37. The zero-order valence-electron chi connectivity index (χ0n) is 20.3. The zero-order valence-corrected chi connectivity index (χ0v) is 20.3. The molecule has 1 fully saturated rings. The molecule has 2 aliphatic heterocycles. The lowest BCUT2D eigenvalue weighted by Gasteiger charge is -2.42. The minimum atomic E-state index is -4.54. The van der Waals surface area contributed by atoms with E-state index < -0.39 is 41.2 Å². The predicted molar refractivity (Wildman–Crippen MR) is 121 cm³/mol. The number of alkyl halides is 3.